The second kappa shape index (κ2) is 7.40. The highest BCUT2D eigenvalue weighted by Crippen LogP contribution is 2.35. The summed E-state index contributed by atoms with van der Waals surface area (Å²) >= 11 is 1.60. The molecule has 1 amide bonds. The Bertz CT molecular complexity index is 1070. The molecule has 1 aliphatic carbocycles. The number of thiophene rings is 1. The van der Waals surface area contributed by atoms with E-state index in [0.717, 1.165) is 29.7 Å². The molecule has 27 heavy (non-hydrogen) atoms. The molecule has 3 aromatic rings. The van der Waals surface area contributed by atoms with Crippen molar-refractivity contribution < 1.29 is 4.79 Å². The van der Waals surface area contributed by atoms with E-state index >= 15 is 0 Å². The standard InChI is InChI=1S/C19H19N5O2S/c1-12-5-6-14-15(8-12)27-18-17(14)19(26)24(11-21-18)10-16(25)23-22-9-13-4-2-3-7-20-13/h2-4,7,9,11-12H,5-6,8,10H2,1H3,(H,23,25)/b22-9+/t12-/m1/s1. The summed E-state index contributed by atoms with van der Waals surface area (Å²) in [7, 11) is 0. The predicted molar refractivity (Wildman–Crippen MR) is 105 cm³/mol. The highest BCUT2D eigenvalue weighted by Gasteiger charge is 2.23. The number of fused-ring (bicyclic) bond motifs is 3. The van der Waals surface area contributed by atoms with Gasteiger partial charge in [0, 0.05) is 11.1 Å². The van der Waals surface area contributed by atoms with Gasteiger partial charge >= 0.3 is 0 Å². The molecule has 138 valence electrons. The number of hydrogen-bond acceptors (Lipinski definition) is 6. The number of carbonyl (C=O) groups excluding carboxylic acids is 1. The van der Waals surface area contributed by atoms with Gasteiger partial charge in [0.25, 0.3) is 11.5 Å². The van der Waals surface area contributed by atoms with Crippen LogP contribution in [0.15, 0.2) is 40.6 Å². The zero-order valence-corrected chi connectivity index (χ0v) is 15.7. The first-order chi connectivity index (χ1) is 13.1. The van der Waals surface area contributed by atoms with Crippen molar-refractivity contribution in [3.05, 3.63) is 57.2 Å². The summed E-state index contributed by atoms with van der Waals surface area (Å²) in [5.41, 5.74) is 4.02. The lowest BCUT2D eigenvalue weighted by atomic mass is 9.89. The Hall–Kier alpha value is -2.87. The Morgan fingerprint density at radius 2 is 2.33 bits per heavy atom. The van der Waals surface area contributed by atoms with E-state index in [1.165, 1.54) is 22.0 Å². The number of rotatable bonds is 4. The van der Waals surface area contributed by atoms with Gasteiger partial charge in [-0.1, -0.05) is 13.0 Å². The molecule has 7 nitrogen and oxygen atoms in total. The average molecular weight is 381 g/mol. The van der Waals surface area contributed by atoms with Crippen LogP contribution in [0, 0.1) is 5.92 Å². The van der Waals surface area contributed by atoms with Gasteiger partial charge in [-0.3, -0.25) is 19.1 Å². The highest BCUT2D eigenvalue weighted by molar-refractivity contribution is 7.18. The minimum atomic E-state index is -0.386. The van der Waals surface area contributed by atoms with Gasteiger partial charge in [0.05, 0.1) is 23.6 Å². The summed E-state index contributed by atoms with van der Waals surface area (Å²) in [6.45, 7) is 2.11. The number of carbonyl (C=O) groups is 1. The number of aryl methyl sites for hydroxylation is 1. The molecule has 4 rings (SSSR count). The molecule has 1 N–H and O–H groups in total. The SMILES string of the molecule is C[C@@H]1CCc2c(sc3ncn(CC(=O)N/N=C/c4ccccn4)c(=O)c23)C1. The number of hydrazone groups is 1. The van der Waals surface area contributed by atoms with Gasteiger partial charge in [-0.15, -0.1) is 11.3 Å². The summed E-state index contributed by atoms with van der Waals surface area (Å²) < 4.78 is 1.35. The number of hydrogen-bond donors (Lipinski definition) is 1. The van der Waals surface area contributed by atoms with Crippen molar-refractivity contribution in [2.24, 2.45) is 11.0 Å². The molecule has 3 aromatic heterocycles. The zero-order valence-electron chi connectivity index (χ0n) is 14.9. The Morgan fingerprint density at radius 3 is 3.15 bits per heavy atom. The van der Waals surface area contributed by atoms with E-state index in [0.29, 0.717) is 17.0 Å². The Labute approximate surface area is 159 Å². The fourth-order valence-electron chi connectivity index (χ4n) is 3.29. The predicted octanol–water partition coefficient (Wildman–Crippen LogP) is 2.13. The summed E-state index contributed by atoms with van der Waals surface area (Å²) in [6, 6.07) is 5.41. The third-order valence-electron chi connectivity index (χ3n) is 4.67. The van der Waals surface area contributed by atoms with Crippen molar-refractivity contribution in [2.75, 3.05) is 0 Å². The van der Waals surface area contributed by atoms with Crippen molar-refractivity contribution in [3.63, 3.8) is 0 Å². The van der Waals surface area contributed by atoms with Crippen LogP contribution < -0.4 is 11.0 Å². The molecular formula is C19H19N5O2S. The molecule has 0 spiro atoms. The fraction of sp³-hybridized carbons (Fsp3) is 0.316. The summed E-state index contributed by atoms with van der Waals surface area (Å²) in [5, 5.41) is 4.55. The van der Waals surface area contributed by atoms with Gasteiger partial charge in [-0.05, 0) is 42.9 Å². The molecule has 0 aromatic carbocycles. The van der Waals surface area contributed by atoms with Crippen LogP contribution in [0.2, 0.25) is 0 Å². The van der Waals surface area contributed by atoms with Gasteiger partial charge in [0.15, 0.2) is 0 Å². The maximum Gasteiger partial charge on any atom is 0.262 e. The highest BCUT2D eigenvalue weighted by atomic mass is 32.1. The first kappa shape index (κ1) is 17.5. The number of aromatic nitrogens is 3. The smallest absolute Gasteiger partial charge is 0.262 e. The van der Waals surface area contributed by atoms with Crippen LogP contribution in [-0.4, -0.2) is 26.7 Å². The average Bonchev–Trinajstić information content (AvgIpc) is 3.03. The topological polar surface area (TPSA) is 89.2 Å². The molecule has 1 atom stereocenters. The maximum atomic E-state index is 12.9. The quantitative estimate of drug-likeness (QED) is 0.554. The van der Waals surface area contributed by atoms with E-state index in [9.17, 15) is 9.59 Å². The summed E-state index contributed by atoms with van der Waals surface area (Å²) in [5.74, 6) is 0.249. The molecule has 0 saturated carbocycles. The van der Waals surface area contributed by atoms with Crippen molar-refractivity contribution in [1.29, 1.82) is 0 Å². The third-order valence-corrected chi connectivity index (χ3v) is 5.83. The molecule has 3 heterocycles. The van der Waals surface area contributed by atoms with Crippen LogP contribution in [0.25, 0.3) is 10.2 Å². The van der Waals surface area contributed by atoms with Crippen LogP contribution in [0.5, 0.6) is 0 Å². The largest absolute Gasteiger partial charge is 0.289 e. The molecule has 1 aliphatic rings. The van der Waals surface area contributed by atoms with Gasteiger partial charge in [0.2, 0.25) is 0 Å². The number of nitrogens with zero attached hydrogens (tertiary/aromatic N) is 4. The fourth-order valence-corrected chi connectivity index (χ4v) is 4.63. The van der Waals surface area contributed by atoms with Crippen LogP contribution in [-0.2, 0) is 24.2 Å². The minimum Gasteiger partial charge on any atom is -0.289 e. The van der Waals surface area contributed by atoms with E-state index in [1.54, 1.807) is 29.7 Å². The summed E-state index contributed by atoms with van der Waals surface area (Å²) in [4.78, 5) is 35.5. The molecule has 0 fully saturated rings. The number of pyridine rings is 1. The third kappa shape index (κ3) is 3.66. The first-order valence-electron chi connectivity index (χ1n) is 8.84. The molecule has 0 saturated heterocycles. The Kier molecular flexibility index (Phi) is 4.81. The van der Waals surface area contributed by atoms with Crippen LogP contribution >= 0.6 is 11.3 Å². The molecular weight excluding hydrogens is 362 g/mol. The van der Waals surface area contributed by atoms with Crippen LogP contribution in [0.3, 0.4) is 0 Å². The number of amides is 1. The van der Waals surface area contributed by atoms with E-state index < -0.39 is 0 Å². The Morgan fingerprint density at radius 1 is 1.44 bits per heavy atom. The van der Waals surface area contributed by atoms with E-state index in [1.807, 2.05) is 6.07 Å². The first-order valence-corrected chi connectivity index (χ1v) is 9.66. The molecule has 8 heteroatoms. The monoisotopic (exact) mass is 381 g/mol. The van der Waals surface area contributed by atoms with E-state index in [4.69, 9.17) is 0 Å². The van der Waals surface area contributed by atoms with Gasteiger partial charge in [-0.2, -0.15) is 5.10 Å². The molecule has 0 radical (unpaired) electrons. The zero-order chi connectivity index (χ0) is 18.8. The molecule has 0 unspecified atom stereocenters. The molecule has 0 bridgehead atoms. The van der Waals surface area contributed by atoms with Crippen LogP contribution in [0.1, 0.15) is 29.5 Å². The maximum absolute atomic E-state index is 12.9. The van der Waals surface area contributed by atoms with E-state index in [2.05, 4.69) is 27.4 Å². The normalized spacial score (nSPS) is 16.6. The van der Waals surface area contributed by atoms with Gasteiger partial charge in [-0.25, -0.2) is 10.4 Å². The minimum absolute atomic E-state index is 0.123. The van der Waals surface area contributed by atoms with Crippen molar-refractivity contribution in [1.82, 2.24) is 20.0 Å². The lowest BCUT2D eigenvalue weighted by molar-refractivity contribution is -0.121. The van der Waals surface area contributed by atoms with Crippen molar-refractivity contribution in [2.45, 2.75) is 32.7 Å². The Balaban J connectivity index is 1.52. The second-order valence-corrected chi connectivity index (χ2v) is 7.84. The number of nitrogens with one attached hydrogen (secondary N) is 1. The van der Waals surface area contributed by atoms with Crippen LogP contribution in [0.4, 0.5) is 0 Å². The van der Waals surface area contributed by atoms with Gasteiger partial charge in [0.1, 0.15) is 11.4 Å². The van der Waals surface area contributed by atoms with Crippen molar-refractivity contribution >= 4 is 33.7 Å². The van der Waals surface area contributed by atoms with Crippen molar-refractivity contribution in [3.8, 4) is 0 Å². The summed E-state index contributed by atoms with van der Waals surface area (Å²) in [6.07, 6.45) is 7.52. The lowest BCUT2D eigenvalue weighted by Crippen LogP contribution is -2.30. The van der Waals surface area contributed by atoms with E-state index in [-0.39, 0.29) is 18.0 Å². The second-order valence-electron chi connectivity index (χ2n) is 6.76. The molecule has 0 aliphatic heterocycles. The lowest BCUT2D eigenvalue weighted by Gasteiger charge is -2.17. The van der Waals surface area contributed by atoms with Gasteiger partial charge < -0.3 is 0 Å².